The molecule has 1 N–H and O–H groups in total. The molecule has 0 aliphatic heterocycles. The molecule has 22 heavy (non-hydrogen) atoms. The van der Waals surface area contributed by atoms with Crippen LogP contribution in [0, 0.1) is 0 Å². The molecule has 0 aliphatic rings. The number of aryl methyl sites for hydroxylation is 1. The molecule has 3 aromatic heterocycles. The summed E-state index contributed by atoms with van der Waals surface area (Å²) in [4.78, 5) is 36.1. The molecule has 0 radical (unpaired) electrons. The number of carbonyl (C=O) groups is 1. The van der Waals surface area contributed by atoms with Gasteiger partial charge in [-0.25, -0.2) is 15.0 Å². The molecule has 3 heterocycles. The topological polar surface area (TPSA) is 94.7 Å². The van der Waals surface area contributed by atoms with Gasteiger partial charge in [-0.1, -0.05) is 0 Å². The molecule has 0 atom stereocenters. The van der Waals surface area contributed by atoms with Crippen LogP contribution in [0.15, 0.2) is 54.2 Å². The molecule has 110 valence electrons. The van der Waals surface area contributed by atoms with Crippen LogP contribution in [0.4, 0.5) is 5.82 Å². The van der Waals surface area contributed by atoms with E-state index in [1.54, 1.807) is 48.7 Å². The van der Waals surface area contributed by atoms with Crippen LogP contribution in [0.25, 0.3) is 5.82 Å². The number of carbonyl (C=O) groups excluding carboxylic acids is 1. The second-order valence-corrected chi connectivity index (χ2v) is 4.52. The van der Waals surface area contributed by atoms with Gasteiger partial charge in [0, 0.05) is 31.7 Å². The molecule has 0 aliphatic carbocycles. The summed E-state index contributed by atoms with van der Waals surface area (Å²) >= 11 is 0. The van der Waals surface area contributed by atoms with Crippen molar-refractivity contribution in [1.29, 1.82) is 0 Å². The Balaban J connectivity index is 1.87. The normalized spacial score (nSPS) is 10.4. The first-order chi connectivity index (χ1) is 10.6. The number of rotatable bonds is 3. The van der Waals surface area contributed by atoms with E-state index in [1.165, 1.54) is 17.0 Å². The van der Waals surface area contributed by atoms with Crippen LogP contribution in [0.1, 0.15) is 10.4 Å². The van der Waals surface area contributed by atoms with E-state index in [9.17, 15) is 9.59 Å². The lowest BCUT2D eigenvalue weighted by molar-refractivity contribution is 0.102. The van der Waals surface area contributed by atoms with E-state index in [1.807, 2.05) is 0 Å². The number of nitrogens with one attached hydrogen (secondary N) is 1. The van der Waals surface area contributed by atoms with Crippen molar-refractivity contribution in [3.63, 3.8) is 0 Å². The van der Waals surface area contributed by atoms with E-state index < -0.39 is 5.91 Å². The summed E-state index contributed by atoms with van der Waals surface area (Å²) < 4.78 is 3.02. The Bertz CT molecular complexity index is 869. The first-order valence-electron chi connectivity index (χ1n) is 6.42. The molecule has 1 amide bonds. The molecule has 0 bridgehead atoms. The maximum Gasteiger partial charge on any atom is 0.263 e. The van der Waals surface area contributed by atoms with E-state index in [4.69, 9.17) is 0 Å². The summed E-state index contributed by atoms with van der Waals surface area (Å²) in [5, 5.41) is 2.59. The quantitative estimate of drug-likeness (QED) is 0.764. The molecule has 0 aromatic carbocycles. The lowest BCUT2D eigenvalue weighted by Gasteiger charge is -2.06. The maximum atomic E-state index is 12.2. The highest BCUT2D eigenvalue weighted by Gasteiger charge is 2.12. The van der Waals surface area contributed by atoms with Gasteiger partial charge in [0.25, 0.3) is 11.5 Å². The number of imidazole rings is 1. The summed E-state index contributed by atoms with van der Waals surface area (Å²) in [6.07, 6.45) is 7.84. The van der Waals surface area contributed by atoms with Gasteiger partial charge in [-0.3, -0.25) is 14.2 Å². The van der Waals surface area contributed by atoms with Gasteiger partial charge in [0.05, 0.1) is 0 Å². The Hall–Kier alpha value is -3.29. The number of anilines is 1. The Morgan fingerprint density at radius 1 is 1.27 bits per heavy atom. The fourth-order valence-corrected chi connectivity index (χ4v) is 1.91. The SMILES string of the molecule is Cn1cccc(C(=O)Nc2cc(-n3ccnc3)ncn2)c1=O. The molecule has 0 fully saturated rings. The van der Waals surface area contributed by atoms with E-state index in [2.05, 4.69) is 20.3 Å². The molecule has 0 spiro atoms. The average Bonchev–Trinajstić information content (AvgIpc) is 3.04. The second kappa shape index (κ2) is 5.60. The van der Waals surface area contributed by atoms with Crippen LogP contribution >= 0.6 is 0 Å². The van der Waals surface area contributed by atoms with Crippen molar-refractivity contribution in [2.45, 2.75) is 0 Å². The lowest BCUT2D eigenvalue weighted by atomic mass is 10.2. The predicted octanol–water partition coefficient (Wildman–Crippen LogP) is 0.613. The molecule has 3 aromatic rings. The highest BCUT2D eigenvalue weighted by molar-refractivity contribution is 6.03. The summed E-state index contributed by atoms with van der Waals surface area (Å²) in [5.41, 5.74) is -0.323. The summed E-state index contributed by atoms with van der Waals surface area (Å²) in [6.45, 7) is 0. The third kappa shape index (κ3) is 2.62. The van der Waals surface area contributed by atoms with Crippen molar-refractivity contribution in [3.8, 4) is 5.82 Å². The molecular weight excluding hydrogens is 284 g/mol. The molecule has 3 rings (SSSR count). The van der Waals surface area contributed by atoms with Crippen molar-refractivity contribution in [3.05, 3.63) is 65.4 Å². The number of hydrogen-bond acceptors (Lipinski definition) is 5. The molecule has 0 saturated heterocycles. The molecule has 0 unspecified atom stereocenters. The monoisotopic (exact) mass is 296 g/mol. The number of nitrogens with zero attached hydrogens (tertiary/aromatic N) is 5. The Labute approximate surface area is 125 Å². The standard InChI is InChI=1S/C14H12N6O2/c1-19-5-2-3-10(14(19)22)13(21)18-11-7-12(17-8-16-11)20-6-4-15-9-20/h2-9H,1H3,(H,16,17,18,21). The predicted molar refractivity (Wildman–Crippen MR) is 78.8 cm³/mol. The summed E-state index contributed by atoms with van der Waals surface area (Å²) in [5.74, 6) is 0.342. The third-order valence-corrected chi connectivity index (χ3v) is 3.03. The first-order valence-corrected chi connectivity index (χ1v) is 6.42. The van der Waals surface area contributed by atoms with E-state index in [0.717, 1.165) is 0 Å². The van der Waals surface area contributed by atoms with Crippen molar-refractivity contribution < 1.29 is 4.79 Å². The third-order valence-electron chi connectivity index (χ3n) is 3.03. The van der Waals surface area contributed by atoms with E-state index in [0.29, 0.717) is 11.6 Å². The highest BCUT2D eigenvalue weighted by atomic mass is 16.2. The Kier molecular flexibility index (Phi) is 3.48. The van der Waals surface area contributed by atoms with Crippen LogP contribution in [-0.4, -0.2) is 30.0 Å². The largest absolute Gasteiger partial charge is 0.318 e. The van der Waals surface area contributed by atoms with Gasteiger partial charge < -0.3 is 9.88 Å². The molecular formula is C14H12N6O2. The average molecular weight is 296 g/mol. The van der Waals surface area contributed by atoms with Gasteiger partial charge in [-0.05, 0) is 12.1 Å². The minimum absolute atomic E-state index is 0.0489. The van der Waals surface area contributed by atoms with Gasteiger partial charge in [0.15, 0.2) is 0 Å². The highest BCUT2D eigenvalue weighted by Crippen LogP contribution is 2.09. The number of pyridine rings is 1. The zero-order valence-electron chi connectivity index (χ0n) is 11.7. The first kappa shape index (κ1) is 13.7. The second-order valence-electron chi connectivity index (χ2n) is 4.52. The number of hydrogen-bond donors (Lipinski definition) is 1. The smallest absolute Gasteiger partial charge is 0.263 e. The van der Waals surface area contributed by atoms with Gasteiger partial charge >= 0.3 is 0 Å². The van der Waals surface area contributed by atoms with Gasteiger partial charge in [-0.2, -0.15) is 0 Å². The summed E-state index contributed by atoms with van der Waals surface area (Å²) in [6, 6.07) is 4.69. The maximum absolute atomic E-state index is 12.2. The molecule has 0 saturated carbocycles. The van der Waals surface area contributed by atoms with Gasteiger partial charge in [0.2, 0.25) is 0 Å². The zero-order chi connectivity index (χ0) is 15.5. The Morgan fingerprint density at radius 2 is 2.14 bits per heavy atom. The van der Waals surface area contributed by atoms with Crippen LogP contribution < -0.4 is 10.9 Å². The fraction of sp³-hybridized carbons (Fsp3) is 0.0714. The summed E-state index contributed by atoms with van der Waals surface area (Å²) in [7, 11) is 1.58. The molecule has 8 heteroatoms. The number of amides is 1. The minimum atomic E-state index is -0.517. The van der Waals surface area contributed by atoms with Crippen LogP contribution in [0.5, 0.6) is 0 Å². The van der Waals surface area contributed by atoms with Crippen LogP contribution in [-0.2, 0) is 7.05 Å². The van der Waals surface area contributed by atoms with Crippen LogP contribution in [0.3, 0.4) is 0 Å². The van der Waals surface area contributed by atoms with Crippen molar-refractivity contribution in [2.75, 3.05) is 5.32 Å². The van der Waals surface area contributed by atoms with E-state index in [-0.39, 0.29) is 11.1 Å². The minimum Gasteiger partial charge on any atom is -0.318 e. The van der Waals surface area contributed by atoms with Crippen molar-refractivity contribution in [1.82, 2.24) is 24.1 Å². The van der Waals surface area contributed by atoms with Crippen molar-refractivity contribution >= 4 is 11.7 Å². The van der Waals surface area contributed by atoms with Crippen molar-refractivity contribution in [2.24, 2.45) is 7.05 Å². The molecule has 8 nitrogen and oxygen atoms in total. The number of aromatic nitrogens is 5. The lowest BCUT2D eigenvalue weighted by Crippen LogP contribution is -2.27. The van der Waals surface area contributed by atoms with Crippen LogP contribution in [0.2, 0.25) is 0 Å². The Morgan fingerprint density at radius 3 is 2.91 bits per heavy atom. The van der Waals surface area contributed by atoms with Gasteiger partial charge in [0.1, 0.15) is 29.9 Å². The van der Waals surface area contributed by atoms with E-state index >= 15 is 0 Å². The zero-order valence-corrected chi connectivity index (χ0v) is 11.7. The van der Waals surface area contributed by atoms with Gasteiger partial charge in [-0.15, -0.1) is 0 Å². The fourth-order valence-electron chi connectivity index (χ4n) is 1.91.